The van der Waals surface area contributed by atoms with Gasteiger partial charge in [-0.15, -0.1) is 0 Å². The van der Waals surface area contributed by atoms with E-state index in [1.165, 1.54) is 21.1 Å². The van der Waals surface area contributed by atoms with Gasteiger partial charge in [0.05, 0.1) is 5.69 Å². The van der Waals surface area contributed by atoms with Crippen molar-refractivity contribution >= 4 is 43.5 Å². The highest BCUT2D eigenvalue weighted by Crippen LogP contribution is 2.31. The number of hydrogen-bond donors (Lipinski definition) is 0. The summed E-state index contributed by atoms with van der Waals surface area (Å²) in [6.07, 6.45) is 0. The van der Waals surface area contributed by atoms with Crippen LogP contribution in [-0.4, -0.2) is 44.2 Å². The van der Waals surface area contributed by atoms with Crippen molar-refractivity contribution in [3.63, 3.8) is 0 Å². The summed E-state index contributed by atoms with van der Waals surface area (Å²) in [6.45, 7) is 1.57. The van der Waals surface area contributed by atoms with E-state index in [9.17, 15) is 13.2 Å². The molecule has 0 aliphatic carbocycles. The fraction of sp³-hybridized carbons (Fsp3) is 0.500. The van der Waals surface area contributed by atoms with Crippen LogP contribution in [-0.2, 0) is 10.0 Å². The number of halogens is 1. The van der Waals surface area contributed by atoms with Crippen molar-refractivity contribution in [3.8, 4) is 0 Å². The van der Waals surface area contributed by atoms with E-state index in [0.717, 1.165) is 20.5 Å². The van der Waals surface area contributed by atoms with E-state index in [2.05, 4.69) is 4.98 Å². The van der Waals surface area contributed by atoms with Crippen molar-refractivity contribution in [1.82, 2.24) is 9.29 Å². The minimum absolute atomic E-state index is 0.113. The van der Waals surface area contributed by atoms with Crippen LogP contribution in [0.15, 0.2) is 4.21 Å². The largest absolute Gasteiger partial charge is 0.322 e. The summed E-state index contributed by atoms with van der Waals surface area (Å²) in [5.74, 6) is 0. The number of hydrogen-bond acceptors (Lipinski definition) is 5. The summed E-state index contributed by atoms with van der Waals surface area (Å²) in [7, 11) is 0.763. The second-order valence-corrected chi connectivity index (χ2v) is 7.12. The summed E-state index contributed by atoms with van der Waals surface area (Å²) in [5, 5.41) is -0.463. The van der Waals surface area contributed by atoms with Crippen LogP contribution in [0.1, 0.15) is 5.69 Å². The molecule has 0 spiro atoms. The Morgan fingerprint density at radius 2 is 1.88 bits per heavy atom. The Balaban J connectivity index is 3.27. The number of amides is 1. The summed E-state index contributed by atoms with van der Waals surface area (Å²) in [6, 6.07) is 0. The van der Waals surface area contributed by atoms with Gasteiger partial charge in [0.2, 0.25) is 0 Å². The minimum atomic E-state index is -3.54. The molecule has 0 aliphatic rings. The second-order valence-electron chi connectivity index (χ2n) is 3.47. The predicted octanol–water partition coefficient (Wildman–Crippen LogP) is 1.50. The average molecular weight is 298 g/mol. The molecule has 6 nitrogen and oxygen atoms in total. The van der Waals surface area contributed by atoms with Gasteiger partial charge in [0.15, 0.2) is 9.34 Å². The summed E-state index contributed by atoms with van der Waals surface area (Å²) in [4.78, 5) is 16.1. The van der Waals surface area contributed by atoms with Crippen molar-refractivity contribution in [2.24, 2.45) is 0 Å². The number of aryl methyl sites for hydroxylation is 1. The standard InChI is InChI=1S/C8H12ClN3O3S2/c1-5-6(17(14,15)11(2)3)16-8(10-5)12(4)7(9)13/h1-4H3. The molecule has 0 aromatic carbocycles. The maximum atomic E-state index is 11.9. The molecule has 0 unspecified atom stereocenters. The molecule has 96 valence electrons. The lowest BCUT2D eigenvalue weighted by Gasteiger charge is -2.09. The first kappa shape index (κ1) is 14.4. The third kappa shape index (κ3) is 2.76. The van der Waals surface area contributed by atoms with E-state index in [0.29, 0.717) is 5.69 Å². The molecule has 0 saturated heterocycles. The zero-order valence-corrected chi connectivity index (χ0v) is 12.1. The van der Waals surface area contributed by atoms with E-state index in [1.54, 1.807) is 6.92 Å². The van der Waals surface area contributed by atoms with Gasteiger partial charge in [0, 0.05) is 21.1 Å². The molecule has 0 bridgehead atoms. The van der Waals surface area contributed by atoms with Crippen molar-refractivity contribution in [2.75, 3.05) is 26.0 Å². The summed E-state index contributed by atoms with van der Waals surface area (Å²) in [5.41, 5.74) is 0.350. The lowest BCUT2D eigenvalue weighted by Crippen LogP contribution is -2.22. The SMILES string of the molecule is Cc1nc(N(C)C(=O)Cl)sc1S(=O)(=O)N(C)C. The first-order valence-corrected chi connectivity index (χ1v) is 7.14. The number of anilines is 1. The van der Waals surface area contributed by atoms with Gasteiger partial charge in [-0.2, -0.15) is 0 Å². The molecule has 1 amide bonds. The third-order valence-electron chi connectivity index (χ3n) is 2.01. The Kier molecular flexibility index (Phi) is 4.13. The van der Waals surface area contributed by atoms with Gasteiger partial charge in [0.25, 0.3) is 10.0 Å². The monoisotopic (exact) mass is 297 g/mol. The fourth-order valence-corrected chi connectivity index (χ4v) is 3.73. The van der Waals surface area contributed by atoms with Crippen molar-refractivity contribution in [2.45, 2.75) is 11.1 Å². The summed E-state index contributed by atoms with van der Waals surface area (Å²) >= 11 is 6.21. The quantitative estimate of drug-likeness (QED) is 0.626. The second kappa shape index (κ2) is 4.89. The van der Waals surface area contributed by atoms with Crippen molar-refractivity contribution in [1.29, 1.82) is 0 Å². The molecule has 0 atom stereocenters. The van der Waals surface area contributed by atoms with Crippen LogP contribution in [0.5, 0.6) is 0 Å². The molecular weight excluding hydrogens is 286 g/mol. The average Bonchev–Trinajstić information content (AvgIpc) is 2.59. The Bertz CT molecular complexity index is 538. The van der Waals surface area contributed by atoms with Crippen LogP contribution < -0.4 is 4.90 Å². The Morgan fingerprint density at radius 3 is 2.29 bits per heavy atom. The van der Waals surface area contributed by atoms with E-state index >= 15 is 0 Å². The first-order chi connectivity index (χ1) is 7.67. The molecule has 1 heterocycles. The molecule has 17 heavy (non-hydrogen) atoms. The number of carbonyl (C=O) groups excluding carboxylic acids is 1. The molecule has 0 N–H and O–H groups in total. The van der Waals surface area contributed by atoms with Gasteiger partial charge >= 0.3 is 5.37 Å². The molecule has 1 rings (SSSR count). The Labute approximate surface area is 109 Å². The smallest absolute Gasteiger partial charge is 0.277 e. The maximum absolute atomic E-state index is 11.9. The number of carbonyl (C=O) groups is 1. The number of sulfonamides is 1. The highest BCUT2D eigenvalue weighted by Gasteiger charge is 2.26. The fourth-order valence-electron chi connectivity index (χ4n) is 0.992. The maximum Gasteiger partial charge on any atom is 0.322 e. The van der Waals surface area contributed by atoms with Gasteiger partial charge in [-0.05, 0) is 18.5 Å². The van der Waals surface area contributed by atoms with Gasteiger partial charge in [0.1, 0.15) is 0 Å². The first-order valence-electron chi connectivity index (χ1n) is 4.51. The molecule has 1 aromatic rings. The molecule has 0 radical (unpaired) electrons. The Morgan fingerprint density at radius 1 is 1.35 bits per heavy atom. The van der Waals surface area contributed by atoms with Crippen LogP contribution in [0.3, 0.4) is 0 Å². The third-order valence-corrected chi connectivity index (χ3v) is 5.90. The predicted molar refractivity (Wildman–Crippen MR) is 67.4 cm³/mol. The van der Waals surface area contributed by atoms with E-state index in [1.807, 2.05) is 0 Å². The van der Waals surface area contributed by atoms with Crippen LogP contribution in [0.25, 0.3) is 0 Å². The van der Waals surface area contributed by atoms with Crippen LogP contribution in [0.4, 0.5) is 9.93 Å². The van der Waals surface area contributed by atoms with Crippen molar-refractivity contribution in [3.05, 3.63) is 5.69 Å². The molecule has 1 aromatic heterocycles. The molecular formula is C8H12ClN3O3S2. The number of aromatic nitrogens is 1. The van der Waals surface area contributed by atoms with E-state index in [-0.39, 0.29) is 9.34 Å². The molecule has 0 aliphatic heterocycles. The number of rotatable bonds is 3. The molecule has 0 fully saturated rings. The lowest BCUT2D eigenvalue weighted by atomic mass is 10.6. The molecule has 9 heteroatoms. The lowest BCUT2D eigenvalue weighted by molar-refractivity contribution is 0.265. The van der Waals surface area contributed by atoms with Gasteiger partial charge in [-0.3, -0.25) is 9.69 Å². The zero-order chi connectivity index (χ0) is 13.4. The van der Waals surface area contributed by atoms with Gasteiger partial charge < -0.3 is 0 Å². The normalized spacial score (nSPS) is 11.9. The van der Waals surface area contributed by atoms with Crippen LogP contribution in [0.2, 0.25) is 0 Å². The number of thiazole rings is 1. The highest BCUT2D eigenvalue weighted by atomic mass is 35.5. The minimum Gasteiger partial charge on any atom is -0.277 e. The van der Waals surface area contributed by atoms with E-state index in [4.69, 9.17) is 11.6 Å². The van der Waals surface area contributed by atoms with Crippen molar-refractivity contribution < 1.29 is 13.2 Å². The van der Waals surface area contributed by atoms with Crippen LogP contribution >= 0.6 is 22.9 Å². The Hall–Kier alpha value is -0.700. The topological polar surface area (TPSA) is 70.6 Å². The number of nitrogens with zero attached hydrogens (tertiary/aromatic N) is 3. The zero-order valence-electron chi connectivity index (χ0n) is 9.76. The van der Waals surface area contributed by atoms with Crippen LogP contribution in [0, 0.1) is 6.92 Å². The van der Waals surface area contributed by atoms with Gasteiger partial charge in [-0.1, -0.05) is 11.3 Å². The molecule has 0 saturated carbocycles. The highest BCUT2D eigenvalue weighted by molar-refractivity contribution is 7.91. The van der Waals surface area contributed by atoms with E-state index < -0.39 is 15.4 Å². The van der Waals surface area contributed by atoms with Gasteiger partial charge in [-0.25, -0.2) is 17.7 Å². The summed E-state index contributed by atoms with van der Waals surface area (Å²) < 4.78 is 25.0.